The van der Waals surface area contributed by atoms with Crippen LogP contribution in [0.15, 0.2) is 76.2 Å². The molecule has 0 spiro atoms. The molecule has 0 bridgehead atoms. The molecule has 0 fully saturated rings. The van der Waals surface area contributed by atoms with E-state index in [1.807, 2.05) is 38.1 Å². The first-order chi connectivity index (χ1) is 18.4. The van der Waals surface area contributed by atoms with E-state index in [1.165, 1.54) is 4.57 Å². The Balaban J connectivity index is 1.70. The summed E-state index contributed by atoms with van der Waals surface area (Å²) in [7, 11) is 1.56. The van der Waals surface area contributed by atoms with Crippen LogP contribution in [0.5, 0.6) is 5.75 Å². The molecule has 0 unspecified atom stereocenters. The number of nitriles is 1. The van der Waals surface area contributed by atoms with Crippen LogP contribution in [0.3, 0.4) is 0 Å². The number of nitrogens with one attached hydrogen (secondary N) is 1. The molecule has 0 aliphatic rings. The third kappa shape index (κ3) is 4.51. The molecule has 5 rings (SSSR count). The highest BCUT2D eigenvalue weighted by atomic mass is 16.5. The second-order valence-corrected chi connectivity index (χ2v) is 8.72. The van der Waals surface area contributed by atoms with Crippen LogP contribution in [0.25, 0.3) is 22.0 Å². The van der Waals surface area contributed by atoms with Crippen molar-refractivity contribution in [3.8, 4) is 22.9 Å². The molecule has 188 valence electrons. The predicted octanol–water partition coefficient (Wildman–Crippen LogP) is 4.85. The van der Waals surface area contributed by atoms with Gasteiger partial charge >= 0.3 is 0 Å². The molecule has 0 saturated carbocycles. The molecule has 3 heterocycles. The van der Waals surface area contributed by atoms with E-state index in [0.717, 1.165) is 11.1 Å². The summed E-state index contributed by atoms with van der Waals surface area (Å²) in [5.41, 5.74) is 3.89. The summed E-state index contributed by atoms with van der Waals surface area (Å²) in [5.74, 6) is 0.600. The molecule has 9 nitrogen and oxygen atoms in total. The van der Waals surface area contributed by atoms with Crippen molar-refractivity contribution < 1.29 is 14.1 Å². The van der Waals surface area contributed by atoms with Crippen molar-refractivity contribution in [3.05, 3.63) is 105 Å². The molecular weight excluding hydrogens is 482 g/mol. The SMILES string of the molecule is COc1cc2c(cc1-c1c(C)noc1C)cc(C(=O)Nc1ccc(C#N)cc1)c(=O)n2Cc1ccccn1. The quantitative estimate of drug-likeness (QED) is 0.350. The minimum Gasteiger partial charge on any atom is -0.496 e. The number of nitrogens with zero attached hydrogens (tertiary/aromatic N) is 4. The van der Waals surface area contributed by atoms with Crippen molar-refractivity contribution >= 4 is 22.5 Å². The van der Waals surface area contributed by atoms with Crippen LogP contribution in [0.4, 0.5) is 5.69 Å². The molecule has 0 radical (unpaired) electrons. The Hall–Kier alpha value is -5.23. The van der Waals surface area contributed by atoms with Gasteiger partial charge < -0.3 is 19.1 Å². The first kappa shape index (κ1) is 24.5. The number of pyridine rings is 2. The van der Waals surface area contributed by atoms with E-state index in [4.69, 9.17) is 14.5 Å². The second-order valence-electron chi connectivity index (χ2n) is 8.72. The lowest BCUT2D eigenvalue weighted by molar-refractivity contribution is 0.102. The van der Waals surface area contributed by atoms with Crippen LogP contribution in [0.1, 0.15) is 33.1 Å². The number of carbonyl (C=O) groups is 1. The Labute approximate surface area is 217 Å². The fourth-order valence-corrected chi connectivity index (χ4v) is 4.44. The van der Waals surface area contributed by atoms with Crippen molar-refractivity contribution in [3.63, 3.8) is 0 Å². The van der Waals surface area contributed by atoms with Gasteiger partial charge in [-0.1, -0.05) is 11.2 Å². The zero-order chi connectivity index (χ0) is 26.8. The maximum Gasteiger partial charge on any atom is 0.264 e. The van der Waals surface area contributed by atoms with Gasteiger partial charge in [0, 0.05) is 28.9 Å². The van der Waals surface area contributed by atoms with E-state index in [9.17, 15) is 9.59 Å². The molecule has 3 aromatic heterocycles. The van der Waals surface area contributed by atoms with Gasteiger partial charge in [-0.15, -0.1) is 0 Å². The molecule has 5 aromatic rings. The topological polar surface area (TPSA) is 123 Å². The number of rotatable bonds is 6. The van der Waals surface area contributed by atoms with Crippen molar-refractivity contribution in [2.24, 2.45) is 0 Å². The normalized spacial score (nSPS) is 10.8. The van der Waals surface area contributed by atoms with E-state index in [1.54, 1.807) is 55.8 Å². The lowest BCUT2D eigenvalue weighted by Gasteiger charge is -2.16. The van der Waals surface area contributed by atoms with Gasteiger partial charge in [0.2, 0.25) is 0 Å². The maximum atomic E-state index is 13.7. The fraction of sp³-hybridized carbons (Fsp3) is 0.138. The van der Waals surface area contributed by atoms with Gasteiger partial charge in [0.25, 0.3) is 11.5 Å². The number of amides is 1. The number of aromatic nitrogens is 3. The first-order valence-electron chi connectivity index (χ1n) is 11.8. The van der Waals surface area contributed by atoms with Crippen molar-refractivity contribution in [2.45, 2.75) is 20.4 Å². The van der Waals surface area contributed by atoms with Gasteiger partial charge in [-0.2, -0.15) is 5.26 Å². The number of hydrogen-bond acceptors (Lipinski definition) is 7. The molecule has 9 heteroatoms. The molecule has 1 N–H and O–H groups in total. The number of anilines is 1. The Bertz CT molecular complexity index is 1740. The van der Waals surface area contributed by atoms with E-state index < -0.39 is 11.5 Å². The number of aryl methyl sites for hydroxylation is 2. The highest BCUT2D eigenvalue weighted by Gasteiger charge is 2.21. The highest BCUT2D eigenvalue weighted by Crippen LogP contribution is 2.37. The Kier molecular flexibility index (Phi) is 6.46. The molecule has 1 amide bonds. The summed E-state index contributed by atoms with van der Waals surface area (Å²) >= 11 is 0. The smallest absolute Gasteiger partial charge is 0.264 e. The molecular formula is C29H23N5O4. The Morgan fingerprint density at radius 1 is 1.13 bits per heavy atom. The van der Waals surface area contributed by atoms with E-state index >= 15 is 0 Å². The van der Waals surface area contributed by atoms with Crippen LogP contribution in [0.2, 0.25) is 0 Å². The van der Waals surface area contributed by atoms with Crippen LogP contribution in [-0.2, 0) is 6.54 Å². The molecule has 2 aromatic carbocycles. The minimum atomic E-state index is -0.564. The molecule has 0 atom stereocenters. The van der Waals surface area contributed by atoms with Gasteiger partial charge in [0.05, 0.1) is 47.8 Å². The lowest BCUT2D eigenvalue weighted by Crippen LogP contribution is -2.30. The molecule has 0 saturated heterocycles. The van der Waals surface area contributed by atoms with Gasteiger partial charge in [-0.3, -0.25) is 14.6 Å². The number of carbonyl (C=O) groups excluding carboxylic acids is 1. The number of ether oxygens (including phenoxy) is 1. The van der Waals surface area contributed by atoms with Crippen molar-refractivity contribution in [1.82, 2.24) is 14.7 Å². The monoisotopic (exact) mass is 505 g/mol. The third-order valence-electron chi connectivity index (χ3n) is 6.28. The number of hydrogen-bond donors (Lipinski definition) is 1. The summed E-state index contributed by atoms with van der Waals surface area (Å²) < 4.78 is 12.6. The van der Waals surface area contributed by atoms with Crippen LogP contribution in [0, 0.1) is 25.2 Å². The molecule has 0 aliphatic heterocycles. The average molecular weight is 506 g/mol. The number of benzene rings is 2. The maximum absolute atomic E-state index is 13.7. The van der Waals surface area contributed by atoms with E-state index in [0.29, 0.717) is 45.1 Å². The van der Waals surface area contributed by atoms with Gasteiger partial charge in [0.15, 0.2) is 0 Å². The molecule has 0 aliphatic carbocycles. The summed E-state index contributed by atoms with van der Waals surface area (Å²) in [6, 6.07) is 19.1. The molecule has 38 heavy (non-hydrogen) atoms. The Morgan fingerprint density at radius 2 is 1.92 bits per heavy atom. The Morgan fingerprint density at radius 3 is 2.55 bits per heavy atom. The van der Waals surface area contributed by atoms with Crippen molar-refractivity contribution in [2.75, 3.05) is 12.4 Å². The van der Waals surface area contributed by atoms with Crippen LogP contribution >= 0.6 is 0 Å². The first-order valence-corrected chi connectivity index (χ1v) is 11.8. The summed E-state index contributed by atoms with van der Waals surface area (Å²) in [6.07, 6.45) is 1.65. The zero-order valence-corrected chi connectivity index (χ0v) is 21.0. The number of fused-ring (bicyclic) bond motifs is 1. The zero-order valence-electron chi connectivity index (χ0n) is 21.0. The third-order valence-corrected chi connectivity index (χ3v) is 6.28. The summed E-state index contributed by atoms with van der Waals surface area (Å²) in [5, 5.41) is 16.5. The summed E-state index contributed by atoms with van der Waals surface area (Å²) in [6.45, 7) is 3.81. The fourth-order valence-electron chi connectivity index (χ4n) is 4.44. The average Bonchev–Trinajstić information content (AvgIpc) is 3.27. The van der Waals surface area contributed by atoms with E-state index in [-0.39, 0.29) is 12.1 Å². The second kappa shape index (κ2) is 10.0. The minimum absolute atomic E-state index is 0.0346. The van der Waals surface area contributed by atoms with Crippen molar-refractivity contribution in [1.29, 1.82) is 5.26 Å². The van der Waals surface area contributed by atoms with Gasteiger partial charge in [0.1, 0.15) is 17.1 Å². The van der Waals surface area contributed by atoms with Gasteiger partial charge in [-0.25, -0.2) is 0 Å². The highest BCUT2D eigenvalue weighted by molar-refractivity contribution is 6.06. The standard InChI is InChI=1S/C29H23N5O4/c1-17-27(18(2)38-33-17)23-12-20-13-24(28(35)32-21-9-7-19(15-30)8-10-21)29(36)34(25(20)14-26(23)37-3)16-22-6-4-5-11-31-22/h4-14H,16H2,1-3H3,(H,32,35). The van der Waals surface area contributed by atoms with Crippen LogP contribution in [-0.4, -0.2) is 27.7 Å². The largest absolute Gasteiger partial charge is 0.496 e. The lowest BCUT2D eigenvalue weighted by atomic mass is 9.99. The predicted molar refractivity (Wildman–Crippen MR) is 142 cm³/mol. The summed E-state index contributed by atoms with van der Waals surface area (Å²) in [4.78, 5) is 31.4. The van der Waals surface area contributed by atoms with Gasteiger partial charge in [-0.05, 0) is 62.4 Å². The van der Waals surface area contributed by atoms with E-state index in [2.05, 4.69) is 15.5 Å². The van der Waals surface area contributed by atoms with Crippen LogP contribution < -0.4 is 15.6 Å². The number of methoxy groups -OCH3 is 1.